The Morgan fingerprint density at radius 2 is 1.81 bits per heavy atom. The van der Waals surface area contributed by atoms with Crippen LogP contribution in [0.2, 0.25) is 0 Å². The van der Waals surface area contributed by atoms with Crippen molar-refractivity contribution in [1.82, 2.24) is 9.47 Å². The van der Waals surface area contributed by atoms with E-state index in [0.717, 1.165) is 37.1 Å². The van der Waals surface area contributed by atoms with Gasteiger partial charge >= 0.3 is 0 Å². The smallest absolute Gasteiger partial charge is 0.270 e. The van der Waals surface area contributed by atoms with E-state index in [1.54, 1.807) is 16.4 Å². The maximum absolute atomic E-state index is 13.2. The molecule has 7 nitrogen and oxygen atoms in total. The highest BCUT2D eigenvalue weighted by Gasteiger charge is 2.33. The van der Waals surface area contributed by atoms with Crippen molar-refractivity contribution in [1.29, 1.82) is 5.26 Å². The summed E-state index contributed by atoms with van der Waals surface area (Å²) < 4.78 is 7.79. The molecule has 1 aromatic rings. The van der Waals surface area contributed by atoms with Gasteiger partial charge in [-0.2, -0.15) is 5.26 Å². The highest BCUT2D eigenvalue weighted by atomic mass is 32.2. The first-order valence-corrected chi connectivity index (χ1v) is 12.4. The number of anilines is 1. The molecular formula is C23H30N4O3S2. The van der Waals surface area contributed by atoms with Crippen LogP contribution < -0.4 is 10.5 Å². The molecule has 2 saturated heterocycles. The first kappa shape index (κ1) is 24.5. The molecule has 2 aliphatic rings. The lowest BCUT2D eigenvalue weighted by atomic mass is 10.0. The zero-order chi connectivity index (χ0) is 23.3. The lowest BCUT2D eigenvalue weighted by Gasteiger charge is -2.33. The third kappa shape index (κ3) is 4.92. The Morgan fingerprint density at radius 3 is 2.44 bits per heavy atom. The summed E-state index contributed by atoms with van der Waals surface area (Å²) in [6, 6.07) is 2.10. The van der Waals surface area contributed by atoms with E-state index in [2.05, 4.69) is 24.8 Å². The predicted molar refractivity (Wildman–Crippen MR) is 133 cm³/mol. The lowest BCUT2D eigenvalue weighted by molar-refractivity contribution is -0.122. The highest BCUT2D eigenvalue weighted by molar-refractivity contribution is 8.26. The molecule has 0 radical (unpaired) electrons. The zero-order valence-corrected chi connectivity index (χ0v) is 20.6. The maximum atomic E-state index is 13.2. The molecule has 0 N–H and O–H groups in total. The van der Waals surface area contributed by atoms with Gasteiger partial charge in [-0.15, -0.1) is 0 Å². The van der Waals surface area contributed by atoms with Gasteiger partial charge in [0.05, 0.1) is 18.1 Å². The number of thiocarbonyl (C=S) groups is 1. The number of carbonyl (C=O) groups excluding carboxylic acids is 1. The van der Waals surface area contributed by atoms with Crippen LogP contribution >= 0.6 is 24.0 Å². The molecule has 3 heterocycles. The van der Waals surface area contributed by atoms with Gasteiger partial charge < -0.3 is 9.64 Å². The number of amides is 1. The molecule has 1 aromatic heterocycles. The number of aromatic nitrogens is 1. The summed E-state index contributed by atoms with van der Waals surface area (Å²) in [6.45, 7) is 9.50. The van der Waals surface area contributed by atoms with E-state index in [1.165, 1.54) is 11.8 Å². The number of nitriles is 1. The molecule has 0 aliphatic carbocycles. The van der Waals surface area contributed by atoms with Gasteiger partial charge in [0.2, 0.25) is 0 Å². The topological polar surface area (TPSA) is 78.6 Å². The number of rotatable bonds is 8. The van der Waals surface area contributed by atoms with Crippen LogP contribution in [-0.2, 0) is 16.1 Å². The number of hydrogen-bond donors (Lipinski definition) is 0. The Bertz CT molecular complexity index is 1020. The Kier molecular flexibility index (Phi) is 8.51. The Balaban J connectivity index is 2.18. The summed E-state index contributed by atoms with van der Waals surface area (Å²) >= 11 is 6.75. The summed E-state index contributed by atoms with van der Waals surface area (Å²) in [5.41, 5.74) is 1.21. The number of pyridine rings is 1. The van der Waals surface area contributed by atoms with Crippen LogP contribution in [0.5, 0.6) is 0 Å². The second-order valence-electron chi connectivity index (χ2n) is 7.95. The SMILES string of the molecule is CCCCN1C(=O)C(=Cc2c(C)c(C#N)c(=O)n(CCCC)c2N2CCOCC2)SC1=S. The summed E-state index contributed by atoms with van der Waals surface area (Å²) in [5.74, 6) is 0.660. The maximum Gasteiger partial charge on any atom is 0.270 e. The van der Waals surface area contributed by atoms with Gasteiger partial charge in [-0.3, -0.25) is 19.1 Å². The monoisotopic (exact) mass is 474 g/mol. The molecule has 2 fully saturated rings. The van der Waals surface area contributed by atoms with Crippen LogP contribution in [-0.4, -0.2) is 52.5 Å². The minimum atomic E-state index is -0.271. The molecule has 9 heteroatoms. The van der Waals surface area contributed by atoms with Gasteiger partial charge in [0.1, 0.15) is 21.8 Å². The van der Waals surface area contributed by atoms with Crippen molar-refractivity contribution < 1.29 is 9.53 Å². The van der Waals surface area contributed by atoms with E-state index in [0.29, 0.717) is 54.2 Å². The van der Waals surface area contributed by atoms with E-state index in [9.17, 15) is 14.9 Å². The third-order valence-electron chi connectivity index (χ3n) is 5.78. The van der Waals surface area contributed by atoms with Crippen LogP contribution in [0, 0.1) is 18.3 Å². The Labute approximate surface area is 199 Å². The van der Waals surface area contributed by atoms with Gasteiger partial charge in [-0.1, -0.05) is 50.7 Å². The van der Waals surface area contributed by atoms with Crippen molar-refractivity contribution >= 4 is 46.1 Å². The molecule has 3 rings (SSSR count). The molecule has 0 bridgehead atoms. The van der Waals surface area contributed by atoms with Crippen molar-refractivity contribution in [3.05, 3.63) is 31.9 Å². The average molecular weight is 475 g/mol. The van der Waals surface area contributed by atoms with Gasteiger partial charge in [0.25, 0.3) is 11.5 Å². The summed E-state index contributed by atoms with van der Waals surface area (Å²) in [7, 11) is 0. The number of thioether (sulfide) groups is 1. The van der Waals surface area contributed by atoms with Gasteiger partial charge in [0, 0.05) is 31.7 Å². The highest BCUT2D eigenvalue weighted by Crippen LogP contribution is 2.36. The van der Waals surface area contributed by atoms with Crippen LogP contribution in [0.15, 0.2) is 9.70 Å². The van der Waals surface area contributed by atoms with E-state index >= 15 is 0 Å². The molecular weight excluding hydrogens is 444 g/mol. The molecule has 0 atom stereocenters. The molecule has 32 heavy (non-hydrogen) atoms. The molecule has 2 aliphatic heterocycles. The van der Waals surface area contributed by atoms with Gasteiger partial charge in [-0.05, 0) is 31.4 Å². The zero-order valence-electron chi connectivity index (χ0n) is 19.0. The summed E-state index contributed by atoms with van der Waals surface area (Å²) in [4.78, 5) is 30.6. The number of morpholine rings is 1. The van der Waals surface area contributed by atoms with E-state index < -0.39 is 0 Å². The molecule has 0 aromatic carbocycles. The second-order valence-corrected chi connectivity index (χ2v) is 9.62. The predicted octanol–water partition coefficient (Wildman–Crippen LogP) is 3.67. The molecule has 0 unspecified atom stereocenters. The van der Waals surface area contributed by atoms with E-state index in [4.69, 9.17) is 17.0 Å². The first-order chi connectivity index (χ1) is 15.4. The number of ether oxygens (including phenoxy) is 1. The quantitative estimate of drug-likeness (QED) is 0.420. The van der Waals surface area contributed by atoms with Crippen molar-refractivity contribution in [2.45, 2.75) is 53.0 Å². The van der Waals surface area contributed by atoms with Crippen molar-refractivity contribution in [3.63, 3.8) is 0 Å². The standard InChI is InChI=1S/C23H30N4O3S2/c1-4-6-8-26-20(25-10-12-30-13-11-25)17(16(3)18(15-24)21(26)28)14-19-22(29)27(9-7-5-2)23(31)32-19/h14H,4-13H2,1-3H3. The van der Waals surface area contributed by atoms with Crippen molar-refractivity contribution in [2.75, 3.05) is 37.7 Å². The largest absolute Gasteiger partial charge is 0.378 e. The number of hydrogen-bond acceptors (Lipinski definition) is 7. The summed E-state index contributed by atoms with van der Waals surface area (Å²) in [6.07, 6.45) is 5.44. The van der Waals surface area contributed by atoms with Gasteiger partial charge in [0.15, 0.2) is 0 Å². The molecule has 0 spiro atoms. The average Bonchev–Trinajstić information content (AvgIpc) is 3.06. The molecule has 1 amide bonds. The fourth-order valence-corrected chi connectivity index (χ4v) is 5.21. The Morgan fingerprint density at radius 1 is 1.16 bits per heavy atom. The van der Waals surface area contributed by atoms with Crippen molar-refractivity contribution in [3.8, 4) is 6.07 Å². The first-order valence-electron chi connectivity index (χ1n) is 11.2. The molecule has 172 valence electrons. The van der Waals surface area contributed by atoms with Crippen LogP contribution in [0.1, 0.15) is 56.2 Å². The Hall–Kier alpha value is -2.15. The minimum absolute atomic E-state index is 0.106. The third-order valence-corrected chi connectivity index (χ3v) is 7.15. The lowest BCUT2D eigenvalue weighted by Crippen LogP contribution is -2.41. The fourth-order valence-electron chi connectivity index (χ4n) is 3.92. The normalized spacial score (nSPS) is 18.0. The number of nitrogens with zero attached hydrogens (tertiary/aromatic N) is 4. The van der Waals surface area contributed by atoms with Crippen molar-refractivity contribution in [2.24, 2.45) is 0 Å². The van der Waals surface area contributed by atoms with Crippen LogP contribution in [0.3, 0.4) is 0 Å². The van der Waals surface area contributed by atoms with Gasteiger partial charge in [-0.25, -0.2) is 0 Å². The second kappa shape index (κ2) is 11.1. The van der Waals surface area contributed by atoms with Crippen LogP contribution in [0.4, 0.5) is 5.82 Å². The summed E-state index contributed by atoms with van der Waals surface area (Å²) in [5, 5.41) is 9.75. The van der Waals surface area contributed by atoms with Crippen LogP contribution in [0.25, 0.3) is 6.08 Å². The fraction of sp³-hybridized carbons (Fsp3) is 0.565. The molecule has 0 saturated carbocycles. The number of carbonyl (C=O) groups is 1. The van der Waals surface area contributed by atoms with E-state index in [-0.39, 0.29) is 17.0 Å². The number of unbranched alkanes of at least 4 members (excludes halogenated alkanes) is 2. The minimum Gasteiger partial charge on any atom is -0.378 e. The van der Waals surface area contributed by atoms with E-state index in [1.807, 2.05) is 6.08 Å².